The van der Waals surface area contributed by atoms with E-state index in [-0.39, 0.29) is 18.3 Å². The summed E-state index contributed by atoms with van der Waals surface area (Å²) in [6, 6.07) is 31.0. The predicted octanol–water partition coefficient (Wildman–Crippen LogP) is 6.03. The van der Waals surface area contributed by atoms with Crippen molar-refractivity contribution >= 4 is 5.91 Å². The lowest BCUT2D eigenvalue weighted by Crippen LogP contribution is -2.30. The van der Waals surface area contributed by atoms with Gasteiger partial charge in [0.2, 0.25) is 0 Å². The van der Waals surface area contributed by atoms with Crippen LogP contribution < -0.4 is 4.74 Å². The maximum absolute atomic E-state index is 13.5. The molecule has 0 fully saturated rings. The molecule has 7 heteroatoms. The number of ether oxygens (including phenoxy) is 1. The van der Waals surface area contributed by atoms with Gasteiger partial charge < -0.3 is 9.64 Å². The van der Waals surface area contributed by atoms with Crippen molar-refractivity contribution in [1.29, 1.82) is 0 Å². The third-order valence-corrected chi connectivity index (χ3v) is 5.84. The van der Waals surface area contributed by atoms with Crippen molar-refractivity contribution in [2.45, 2.75) is 19.7 Å². The number of rotatable bonds is 9. The van der Waals surface area contributed by atoms with E-state index in [9.17, 15) is 9.18 Å². The van der Waals surface area contributed by atoms with Crippen molar-refractivity contribution in [1.82, 2.24) is 20.1 Å². The van der Waals surface area contributed by atoms with E-state index in [0.29, 0.717) is 30.2 Å². The molecule has 0 atom stereocenters. The van der Waals surface area contributed by atoms with E-state index in [4.69, 9.17) is 4.74 Å². The van der Waals surface area contributed by atoms with E-state index in [0.717, 1.165) is 22.4 Å². The summed E-state index contributed by atoms with van der Waals surface area (Å²) in [5, 5.41) is 7.23. The van der Waals surface area contributed by atoms with Crippen LogP contribution in [0.15, 0.2) is 109 Å². The number of hydrogen-bond acceptors (Lipinski definition) is 4. The van der Waals surface area contributed by atoms with Gasteiger partial charge in [0, 0.05) is 18.3 Å². The minimum Gasteiger partial charge on any atom is -0.489 e. The highest BCUT2D eigenvalue weighted by molar-refractivity contribution is 5.93. The van der Waals surface area contributed by atoms with Crippen molar-refractivity contribution < 1.29 is 13.9 Å². The molecule has 1 amide bonds. The first-order valence-corrected chi connectivity index (χ1v) is 11.9. The van der Waals surface area contributed by atoms with Crippen molar-refractivity contribution in [3.63, 3.8) is 0 Å². The zero-order valence-corrected chi connectivity index (χ0v) is 20.0. The lowest BCUT2D eigenvalue weighted by Gasteiger charge is -2.22. The topological polar surface area (TPSA) is 71.1 Å². The Kier molecular flexibility index (Phi) is 7.31. The van der Waals surface area contributed by atoms with Gasteiger partial charge in [-0.25, -0.2) is 4.39 Å². The van der Waals surface area contributed by atoms with Crippen LogP contribution in [-0.4, -0.2) is 26.0 Å². The van der Waals surface area contributed by atoms with Crippen molar-refractivity contribution in [2.75, 3.05) is 0 Å². The van der Waals surface area contributed by atoms with Gasteiger partial charge in [-0.1, -0.05) is 60.7 Å². The molecular weight excluding hydrogens is 467 g/mol. The number of hydrogen-bond donors (Lipinski definition) is 1. The molecule has 5 aromatic rings. The molecule has 0 aliphatic carbocycles. The molecule has 0 spiro atoms. The normalized spacial score (nSPS) is 10.7. The van der Waals surface area contributed by atoms with E-state index in [1.807, 2.05) is 78.9 Å². The smallest absolute Gasteiger partial charge is 0.272 e. The Hall–Kier alpha value is -4.78. The number of aromatic nitrogens is 3. The predicted molar refractivity (Wildman–Crippen MR) is 139 cm³/mol. The van der Waals surface area contributed by atoms with E-state index >= 15 is 0 Å². The number of aromatic amines is 1. The number of nitrogens with zero attached hydrogens (tertiary/aromatic N) is 3. The highest BCUT2D eigenvalue weighted by atomic mass is 19.1. The molecule has 2 heterocycles. The van der Waals surface area contributed by atoms with Crippen LogP contribution in [0.3, 0.4) is 0 Å². The van der Waals surface area contributed by atoms with Crippen molar-refractivity contribution in [3.8, 4) is 17.0 Å². The van der Waals surface area contributed by atoms with Gasteiger partial charge in [-0.05, 0) is 53.6 Å². The fraction of sp³-hybridized carbons (Fsp3) is 0.100. The maximum atomic E-state index is 13.5. The summed E-state index contributed by atoms with van der Waals surface area (Å²) < 4.78 is 19.2. The number of halogens is 1. The second-order valence-corrected chi connectivity index (χ2v) is 8.58. The zero-order valence-electron chi connectivity index (χ0n) is 20.0. The quantitative estimate of drug-likeness (QED) is 0.273. The van der Waals surface area contributed by atoms with E-state index < -0.39 is 0 Å². The lowest BCUT2D eigenvalue weighted by molar-refractivity contribution is 0.0722. The maximum Gasteiger partial charge on any atom is 0.272 e. The van der Waals surface area contributed by atoms with Gasteiger partial charge in [0.1, 0.15) is 23.9 Å². The minimum atomic E-state index is -0.290. The Balaban J connectivity index is 1.31. The molecule has 5 rings (SSSR count). The molecule has 1 N–H and O–H groups in total. The van der Waals surface area contributed by atoms with E-state index in [1.165, 1.54) is 12.1 Å². The van der Waals surface area contributed by atoms with Crippen molar-refractivity contribution in [3.05, 3.63) is 138 Å². The zero-order chi connectivity index (χ0) is 25.5. The highest BCUT2D eigenvalue weighted by Gasteiger charge is 2.20. The molecule has 37 heavy (non-hydrogen) atoms. The number of pyridine rings is 1. The molecule has 0 radical (unpaired) electrons. The van der Waals surface area contributed by atoms with Gasteiger partial charge >= 0.3 is 0 Å². The van der Waals surface area contributed by atoms with Crippen LogP contribution in [0.2, 0.25) is 0 Å². The second kappa shape index (κ2) is 11.3. The third-order valence-electron chi connectivity index (χ3n) is 5.84. The molecule has 6 nitrogen and oxygen atoms in total. The fourth-order valence-electron chi connectivity index (χ4n) is 3.95. The number of H-pyrrole nitrogens is 1. The number of carbonyl (C=O) groups is 1. The van der Waals surface area contributed by atoms with Crippen LogP contribution >= 0.6 is 0 Å². The summed E-state index contributed by atoms with van der Waals surface area (Å²) in [6.45, 7) is 0.988. The summed E-state index contributed by atoms with van der Waals surface area (Å²) in [5.41, 5.74) is 4.53. The van der Waals surface area contributed by atoms with Gasteiger partial charge in [0.05, 0.1) is 17.9 Å². The lowest BCUT2D eigenvalue weighted by atomic mass is 10.1. The minimum absolute atomic E-state index is 0.174. The van der Waals surface area contributed by atoms with Gasteiger partial charge in [-0.2, -0.15) is 5.10 Å². The van der Waals surface area contributed by atoms with Gasteiger partial charge in [0.15, 0.2) is 0 Å². The number of carbonyl (C=O) groups excluding carboxylic acids is 1. The molecule has 0 saturated heterocycles. The Morgan fingerprint density at radius 2 is 1.65 bits per heavy atom. The Morgan fingerprint density at radius 1 is 0.838 bits per heavy atom. The standard InChI is InChI=1S/C30H25FN4O2/c31-25-10-6-7-23(17-25)21-37-27-14-12-22(13-15-27)19-35(20-26-11-4-5-16-32-26)30(36)29-18-28(33-34-29)24-8-2-1-3-9-24/h1-18H,19-21H2,(H,33,34). The first-order chi connectivity index (χ1) is 18.1. The SMILES string of the molecule is O=C(c1cc(-c2ccccc2)n[nH]1)N(Cc1ccc(OCc2cccc(F)c2)cc1)Cc1ccccn1. The Morgan fingerprint density at radius 3 is 2.41 bits per heavy atom. The van der Waals surface area contributed by atoms with Crippen LogP contribution in [0, 0.1) is 5.82 Å². The van der Waals surface area contributed by atoms with Crippen LogP contribution in [0.1, 0.15) is 27.3 Å². The molecule has 0 unspecified atom stereocenters. The summed E-state index contributed by atoms with van der Waals surface area (Å²) in [4.78, 5) is 19.6. The molecule has 0 saturated carbocycles. The van der Waals surface area contributed by atoms with Crippen LogP contribution in [0.4, 0.5) is 4.39 Å². The summed E-state index contributed by atoms with van der Waals surface area (Å²) in [7, 11) is 0. The van der Waals surface area contributed by atoms with Gasteiger partial charge in [-0.15, -0.1) is 0 Å². The Bertz CT molecular complexity index is 1450. The van der Waals surface area contributed by atoms with Crippen molar-refractivity contribution in [2.24, 2.45) is 0 Å². The van der Waals surface area contributed by atoms with Crippen LogP contribution in [0.5, 0.6) is 5.75 Å². The number of amides is 1. The average Bonchev–Trinajstić information content (AvgIpc) is 3.44. The van der Waals surface area contributed by atoms with E-state index in [2.05, 4.69) is 15.2 Å². The van der Waals surface area contributed by atoms with Gasteiger partial charge in [-0.3, -0.25) is 14.9 Å². The summed E-state index contributed by atoms with van der Waals surface area (Å²) in [5.74, 6) is 0.200. The second-order valence-electron chi connectivity index (χ2n) is 8.58. The first kappa shape index (κ1) is 23.9. The molecule has 2 aromatic heterocycles. The average molecular weight is 493 g/mol. The largest absolute Gasteiger partial charge is 0.489 e. The fourth-order valence-corrected chi connectivity index (χ4v) is 3.95. The summed E-state index contributed by atoms with van der Waals surface area (Å²) in [6.07, 6.45) is 1.71. The molecular formula is C30H25FN4O2. The molecule has 0 aliphatic rings. The highest BCUT2D eigenvalue weighted by Crippen LogP contribution is 2.21. The van der Waals surface area contributed by atoms with Crippen LogP contribution in [0.25, 0.3) is 11.3 Å². The van der Waals surface area contributed by atoms with Gasteiger partial charge in [0.25, 0.3) is 5.91 Å². The third kappa shape index (κ3) is 6.27. The molecule has 3 aromatic carbocycles. The van der Waals surface area contributed by atoms with E-state index in [1.54, 1.807) is 23.2 Å². The Labute approximate surface area is 214 Å². The number of benzene rings is 3. The monoisotopic (exact) mass is 492 g/mol. The summed E-state index contributed by atoms with van der Waals surface area (Å²) >= 11 is 0. The van der Waals surface area contributed by atoms with Crippen LogP contribution in [-0.2, 0) is 19.7 Å². The molecule has 184 valence electrons. The first-order valence-electron chi connectivity index (χ1n) is 11.9. The number of nitrogens with one attached hydrogen (secondary N) is 1. The molecule has 0 aliphatic heterocycles. The molecule has 0 bridgehead atoms.